The Kier molecular flexibility index (Phi) is 3.68. The van der Waals surface area contributed by atoms with Gasteiger partial charge in [-0.05, 0) is 25.2 Å². The number of aliphatic hydroxyl groups is 1. The van der Waals surface area contributed by atoms with Gasteiger partial charge in [0.1, 0.15) is 0 Å². The highest BCUT2D eigenvalue weighted by molar-refractivity contribution is 4.90. The normalized spacial score (nSPS) is 27.6. The van der Waals surface area contributed by atoms with Gasteiger partial charge in [0, 0.05) is 19.6 Å². The summed E-state index contributed by atoms with van der Waals surface area (Å²) in [6, 6.07) is 0. The van der Waals surface area contributed by atoms with E-state index in [9.17, 15) is 5.11 Å². The summed E-state index contributed by atoms with van der Waals surface area (Å²) in [5, 5.41) is 10.4. The van der Waals surface area contributed by atoms with Gasteiger partial charge < -0.3 is 5.11 Å². The Balaban J connectivity index is 1.69. The molecule has 0 aromatic heterocycles. The first-order chi connectivity index (χ1) is 7.22. The molecule has 0 aromatic rings. The standard InChI is InChI=1S/C13H25NO/c1-2-6-12-9-14(10-12)11-13(15)7-4-3-5-8-13/h12,15H,2-11H2,1H3. The molecule has 1 saturated carbocycles. The first-order valence-electron chi connectivity index (χ1n) is 6.66. The first kappa shape index (κ1) is 11.4. The van der Waals surface area contributed by atoms with Gasteiger partial charge in [-0.1, -0.05) is 32.6 Å². The third-order valence-corrected chi connectivity index (χ3v) is 4.03. The van der Waals surface area contributed by atoms with Crippen molar-refractivity contribution in [3.8, 4) is 0 Å². The van der Waals surface area contributed by atoms with Crippen molar-refractivity contribution in [2.24, 2.45) is 5.92 Å². The third kappa shape index (κ3) is 2.94. The third-order valence-electron chi connectivity index (χ3n) is 4.03. The second kappa shape index (κ2) is 4.84. The van der Waals surface area contributed by atoms with Crippen LogP contribution in [0.15, 0.2) is 0 Å². The molecule has 2 heteroatoms. The molecule has 0 bridgehead atoms. The van der Waals surface area contributed by atoms with Crippen LogP contribution in [-0.4, -0.2) is 35.2 Å². The molecule has 0 amide bonds. The quantitative estimate of drug-likeness (QED) is 0.772. The van der Waals surface area contributed by atoms with Crippen molar-refractivity contribution in [2.45, 2.75) is 57.5 Å². The minimum atomic E-state index is -0.338. The highest BCUT2D eigenvalue weighted by Crippen LogP contribution is 2.31. The predicted octanol–water partition coefficient (Wildman–Crippen LogP) is 2.41. The molecule has 15 heavy (non-hydrogen) atoms. The molecule has 0 unspecified atom stereocenters. The predicted molar refractivity (Wildman–Crippen MR) is 62.9 cm³/mol. The summed E-state index contributed by atoms with van der Waals surface area (Å²) >= 11 is 0. The molecule has 88 valence electrons. The zero-order valence-corrected chi connectivity index (χ0v) is 10.0. The summed E-state index contributed by atoms with van der Waals surface area (Å²) < 4.78 is 0. The monoisotopic (exact) mass is 211 g/mol. The van der Waals surface area contributed by atoms with E-state index in [1.807, 2.05) is 0 Å². The number of nitrogens with zero attached hydrogens (tertiary/aromatic N) is 1. The van der Waals surface area contributed by atoms with Crippen molar-refractivity contribution >= 4 is 0 Å². The molecule has 1 saturated heterocycles. The van der Waals surface area contributed by atoms with Gasteiger partial charge in [-0.25, -0.2) is 0 Å². The van der Waals surface area contributed by atoms with Gasteiger partial charge >= 0.3 is 0 Å². The van der Waals surface area contributed by atoms with Crippen LogP contribution in [0.5, 0.6) is 0 Å². The maximum atomic E-state index is 10.4. The molecule has 1 heterocycles. The maximum absolute atomic E-state index is 10.4. The van der Waals surface area contributed by atoms with E-state index < -0.39 is 0 Å². The molecule has 0 atom stereocenters. The fourth-order valence-corrected chi connectivity index (χ4v) is 3.18. The van der Waals surface area contributed by atoms with Crippen molar-refractivity contribution in [1.82, 2.24) is 4.90 Å². The summed E-state index contributed by atoms with van der Waals surface area (Å²) in [5.74, 6) is 0.919. The van der Waals surface area contributed by atoms with E-state index in [0.29, 0.717) is 0 Å². The second-order valence-electron chi connectivity index (χ2n) is 5.63. The SMILES string of the molecule is CCCC1CN(CC2(O)CCCCC2)C1. The summed E-state index contributed by atoms with van der Waals surface area (Å²) in [6.45, 7) is 5.66. The lowest BCUT2D eigenvalue weighted by Crippen LogP contribution is -2.54. The van der Waals surface area contributed by atoms with Crippen molar-refractivity contribution in [1.29, 1.82) is 0 Å². The van der Waals surface area contributed by atoms with Gasteiger partial charge in [-0.2, -0.15) is 0 Å². The second-order valence-corrected chi connectivity index (χ2v) is 5.63. The van der Waals surface area contributed by atoms with Crippen LogP contribution in [0.2, 0.25) is 0 Å². The highest BCUT2D eigenvalue weighted by atomic mass is 16.3. The van der Waals surface area contributed by atoms with Crippen LogP contribution < -0.4 is 0 Å². The molecule has 1 aliphatic carbocycles. The van der Waals surface area contributed by atoms with E-state index in [1.165, 1.54) is 45.2 Å². The minimum Gasteiger partial charge on any atom is -0.389 e. The topological polar surface area (TPSA) is 23.5 Å². The van der Waals surface area contributed by atoms with Crippen LogP contribution in [-0.2, 0) is 0 Å². The lowest BCUT2D eigenvalue weighted by molar-refractivity contribution is -0.0540. The van der Waals surface area contributed by atoms with Crippen molar-refractivity contribution in [2.75, 3.05) is 19.6 Å². The maximum Gasteiger partial charge on any atom is 0.0774 e. The van der Waals surface area contributed by atoms with Crippen LogP contribution in [0.25, 0.3) is 0 Å². The van der Waals surface area contributed by atoms with Crippen LogP contribution in [0.3, 0.4) is 0 Å². The zero-order valence-electron chi connectivity index (χ0n) is 10.0. The molecule has 1 N–H and O–H groups in total. The Hall–Kier alpha value is -0.0800. The van der Waals surface area contributed by atoms with Crippen LogP contribution >= 0.6 is 0 Å². The molecule has 0 spiro atoms. The number of β-amino-alcohol motifs (C(OH)–C–C–N with tert-alkyl or cyclic N) is 1. The Morgan fingerprint density at radius 3 is 2.47 bits per heavy atom. The van der Waals surface area contributed by atoms with E-state index in [0.717, 1.165) is 25.3 Å². The molecule has 2 aliphatic rings. The lowest BCUT2D eigenvalue weighted by Gasteiger charge is -2.45. The van der Waals surface area contributed by atoms with Crippen LogP contribution in [0.1, 0.15) is 51.9 Å². The average molecular weight is 211 g/mol. The van der Waals surface area contributed by atoms with E-state index in [4.69, 9.17) is 0 Å². The lowest BCUT2D eigenvalue weighted by atomic mass is 9.83. The van der Waals surface area contributed by atoms with E-state index in [2.05, 4.69) is 11.8 Å². The van der Waals surface area contributed by atoms with Gasteiger partial charge in [-0.3, -0.25) is 4.90 Å². The highest BCUT2D eigenvalue weighted by Gasteiger charge is 2.35. The number of hydrogen-bond acceptors (Lipinski definition) is 2. The van der Waals surface area contributed by atoms with E-state index in [1.54, 1.807) is 0 Å². The van der Waals surface area contributed by atoms with Gasteiger partial charge in [0.15, 0.2) is 0 Å². The number of likely N-dealkylation sites (tertiary alicyclic amines) is 1. The summed E-state index contributed by atoms with van der Waals surface area (Å²) in [7, 11) is 0. The van der Waals surface area contributed by atoms with Gasteiger partial charge in [0.25, 0.3) is 0 Å². The Morgan fingerprint density at radius 1 is 1.20 bits per heavy atom. The number of rotatable bonds is 4. The fourth-order valence-electron chi connectivity index (χ4n) is 3.18. The average Bonchev–Trinajstić information content (AvgIpc) is 2.16. The summed E-state index contributed by atoms with van der Waals surface area (Å²) in [5.41, 5.74) is -0.338. The zero-order chi connectivity index (χ0) is 10.7. The van der Waals surface area contributed by atoms with Gasteiger partial charge in [-0.15, -0.1) is 0 Å². The molecule has 2 fully saturated rings. The smallest absolute Gasteiger partial charge is 0.0774 e. The molecule has 0 radical (unpaired) electrons. The molecular weight excluding hydrogens is 186 g/mol. The summed E-state index contributed by atoms with van der Waals surface area (Å²) in [6.07, 6.45) is 8.51. The Morgan fingerprint density at radius 2 is 1.87 bits per heavy atom. The minimum absolute atomic E-state index is 0.338. The fraction of sp³-hybridized carbons (Fsp3) is 1.00. The van der Waals surface area contributed by atoms with Crippen molar-refractivity contribution in [3.05, 3.63) is 0 Å². The van der Waals surface area contributed by atoms with E-state index >= 15 is 0 Å². The largest absolute Gasteiger partial charge is 0.389 e. The molecule has 2 nitrogen and oxygen atoms in total. The van der Waals surface area contributed by atoms with Gasteiger partial charge in [0.2, 0.25) is 0 Å². The van der Waals surface area contributed by atoms with Crippen LogP contribution in [0, 0.1) is 5.92 Å². The Bertz CT molecular complexity index is 193. The van der Waals surface area contributed by atoms with Crippen LogP contribution in [0.4, 0.5) is 0 Å². The van der Waals surface area contributed by atoms with E-state index in [-0.39, 0.29) is 5.60 Å². The number of hydrogen-bond donors (Lipinski definition) is 1. The molecular formula is C13H25NO. The molecule has 2 rings (SSSR count). The first-order valence-corrected chi connectivity index (χ1v) is 6.66. The Labute approximate surface area is 93.7 Å². The van der Waals surface area contributed by atoms with Crippen molar-refractivity contribution < 1.29 is 5.11 Å². The van der Waals surface area contributed by atoms with Crippen molar-refractivity contribution in [3.63, 3.8) is 0 Å². The molecule has 1 aliphatic heterocycles. The summed E-state index contributed by atoms with van der Waals surface area (Å²) in [4.78, 5) is 2.45. The molecule has 0 aromatic carbocycles. The van der Waals surface area contributed by atoms with Gasteiger partial charge in [0.05, 0.1) is 5.60 Å².